The Bertz CT molecular complexity index is 752. The van der Waals surface area contributed by atoms with E-state index in [4.69, 9.17) is 4.74 Å². The van der Waals surface area contributed by atoms with Crippen LogP contribution in [0.1, 0.15) is 18.1 Å². The molecule has 2 N–H and O–H groups in total. The SMILES string of the molecule is CCNC(=NCc1ccc(F)cc1)NCc1ccc(OC)cc1OC(F)F. The van der Waals surface area contributed by atoms with Gasteiger partial charge in [-0.15, -0.1) is 0 Å². The van der Waals surface area contributed by atoms with Gasteiger partial charge in [0.15, 0.2) is 5.96 Å². The van der Waals surface area contributed by atoms with E-state index in [0.717, 1.165) is 5.56 Å². The van der Waals surface area contributed by atoms with Crippen LogP contribution in [0.3, 0.4) is 0 Å². The number of halogens is 3. The number of hydrogen-bond donors (Lipinski definition) is 2. The van der Waals surface area contributed by atoms with Crippen LogP contribution in [-0.2, 0) is 13.1 Å². The molecule has 146 valence electrons. The number of nitrogens with zero attached hydrogens (tertiary/aromatic N) is 1. The monoisotopic (exact) mass is 381 g/mol. The Morgan fingerprint density at radius 3 is 2.48 bits per heavy atom. The van der Waals surface area contributed by atoms with E-state index in [1.165, 1.54) is 25.3 Å². The summed E-state index contributed by atoms with van der Waals surface area (Å²) < 4.78 is 47.9. The second-order valence-corrected chi connectivity index (χ2v) is 5.53. The quantitative estimate of drug-likeness (QED) is 0.541. The molecule has 0 heterocycles. The molecule has 0 aliphatic carbocycles. The molecule has 5 nitrogen and oxygen atoms in total. The molecule has 0 atom stereocenters. The maximum atomic E-state index is 13.0. The van der Waals surface area contributed by atoms with Crippen LogP contribution in [0.4, 0.5) is 13.2 Å². The summed E-state index contributed by atoms with van der Waals surface area (Å²) in [5.74, 6) is 0.650. The molecule has 0 aliphatic heterocycles. The fraction of sp³-hybridized carbons (Fsp3) is 0.316. The lowest BCUT2D eigenvalue weighted by Gasteiger charge is -2.15. The number of alkyl halides is 2. The number of benzene rings is 2. The van der Waals surface area contributed by atoms with Crippen LogP contribution in [-0.4, -0.2) is 26.2 Å². The van der Waals surface area contributed by atoms with Crippen LogP contribution in [0.2, 0.25) is 0 Å². The largest absolute Gasteiger partial charge is 0.497 e. The van der Waals surface area contributed by atoms with Crippen molar-refractivity contribution in [3.05, 3.63) is 59.4 Å². The number of rotatable bonds is 8. The van der Waals surface area contributed by atoms with Gasteiger partial charge in [0.05, 0.1) is 13.7 Å². The Kier molecular flexibility index (Phi) is 7.79. The Hall–Kier alpha value is -2.90. The normalized spacial score (nSPS) is 11.4. The zero-order valence-corrected chi connectivity index (χ0v) is 15.1. The van der Waals surface area contributed by atoms with Crippen LogP contribution in [0.15, 0.2) is 47.5 Å². The average molecular weight is 381 g/mol. The van der Waals surface area contributed by atoms with E-state index in [1.54, 1.807) is 24.3 Å². The summed E-state index contributed by atoms with van der Waals surface area (Å²) in [6, 6.07) is 10.8. The van der Waals surface area contributed by atoms with E-state index in [-0.39, 0.29) is 18.1 Å². The highest BCUT2D eigenvalue weighted by atomic mass is 19.3. The molecule has 0 radical (unpaired) electrons. The summed E-state index contributed by atoms with van der Waals surface area (Å²) in [6.45, 7) is 0.169. The third-order valence-corrected chi connectivity index (χ3v) is 3.61. The highest BCUT2D eigenvalue weighted by molar-refractivity contribution is 5.79. The third-order valence-electron chi connectivity index (χ3n) is 3.61. The van der Waals surface area contributed by atoms with Crippen molar-refractivity contribution >= 4 is 5.96 Å². The van der Waals surface area contributed by atoms with Crippen molar-refractivity contribution in [2.45, 2.75) is 26.6 Å². The smallest absolute Gasteiger partial charge is 0.387 e. The van der Waals surface area contributed by atoms with Crippen molar-refractivity contribution in [3.63, 3.8) is 0 Å². The van der Waals surface area contributed by atoms with Gasteiger partial charge in [-0.3, -0.25) is 0 Å². The molecule has 0 amide bonds. The van der Waals surface area contributed by atoms with E-state index in [1.807, 2.05) is 6.92 Å². The highest BCUT2D eigenvalue weighted by Crippen LogP contribution is 2.26. The molecule has 27 heavy (non-hydrogen) atoms. The first-order valence-electron chi connectivity index (χ1n) is 8.40. The average Bonchev–Trinajstić information content (AvgIpc) is 2.65. The van der Waals surface area contributed by atoms with E-state index >= 15 is 0 Å². The molecule has 2 aromatic carbocycles. The summed E-state index contributed by atoms with van der Waals surface area (Å²) in [6.07, 6.45) is 0. The van der Waals surface area contributed by atoms with Crippen LogP contribution < -0.4 is 20.1 Å². The maximum Gasteiger partial charge on any atom is 0.387 e. The van der Waals surface area contributed by atoms with Crippen molar-refractivity contribution in [1.82, 2.24) is 10.6 Å². The topological polar surface area (TPSA) is 54.9 Å². The Morgan fingerprint density at radius 2 is 1.85 bits per heavy atom. The minimum atomic E-state index is -2.93. The molecule has 0 saturated heterocycles. The van der Waals surface area contributed by atoms with Gasteiger partial charge in [-0.25, -0.2) is 9.38 Å². The Morgan fingerprint density at radius 1 is 1.11 bits per heavy atom. The molecule has 0 saturated carbocycles. The molecule has 0 spiro atoms. The minimum Gasteiger partial charge on any atom is -0.497 e. The molecule has 2 aromatic rings. The van der Waals surface area contributed by atoms with Crippen molar-refractivity contribution in [1.29, 1.82) is 0 Å². The van der Waals surface area contributed by atoms with E-state index < -0.39 is 6.61 Å². The van der Waals surface area contributed by atoms with Crippen LogP contribution in [0, 0.1) is 5.82 Å². The van der Waals surface area contributed by atoms with Gasteiger partial charge >= 0.3 is 6.61 Å². The second-order valence-electron chi connectivity index (χ2n) is 5.53. The standard InChI is InChI=1S/C19H22F3N3O2/c1-3-23-19(24-11-13-4-7-15(20)8-5-13)25-12-14-6-9-16(26-2)10-17(14)27-18(21)22/h4-10,18H,3,11-12H2,1-2H3,(H2,23,24,25). The number of ether oxygens (including phenoxy) is 2. The van der Waals surface area contributed by atoms with Crippen LogP contribution in [0.25, 0.3) is 0 Å². The predicted molar refractivity (Wildman–Crippen MR) is 97.7 cm³/mol. The number of guanidine groups is 1. The first-order chi connectivity index (χ1) is 13.0. The number of aliphatic imine (C=N–C) groups is 1. The molecule has 0 unspecified atom stereocenters. The molecular weight excluding hydrogens is 359 g/mol. The third kappa shape index (κ3) is 6.73. The summed E-state index contributed by atoms with van der Waals surface area (Å²) in [5.41, 5.74) is 1.38. The second kappa shape index (κ2) is 10.3. The lowest BCUT2D eigenvalue weighted by molar-refractivity contribution is -0.0505. The van der Waals surface area contributed by atoms with Gasteiger partial charge in [0, 0.05) is 24.7 Å². The molecule has 0 aromatic heterocycles. The highest BCUT2D eigenvalue weighted by Gasteiger charge is 2.12. The van der Waals surface area contributed by atoms with Gasteiger partial charge in [-0.2, -0.15) is 8.78 Å². The Labute approximate surface area is 156 Å². The zero-order valence-electron chi connectivity index (χ0n) is 15.1. The number of hydrogen-bond acceptors (Lipinski definition) is 3. The number of nitrogens with one attached hydrogen (secondary N) is 2. The number of methoxy groups -OCH3 is 1. The van der Waals surface area contributed by atoms with E-state index in [9.17, 15) is 13.2 Å². The van der Waals surface area contributed by atoms with Crippen molar-refractivity contribution in [3.8, 4) is 11.5 Å². The lowest BCUT2D eigenvalue weighted by Crippen LogP contribution is -2.36. The van der Waals surface area contributed by atoms with Crippen molar-refractivity contribution < 1.29 is 22.6 Å². The summed E-state index contributed by atoms with van der Waals surface area (Å²) in [4.78, 5) is 4.41. The van der Waals surface area contributed by atoms with Gasteiger partial charge in [0.25, 0.3) is 0 Å². The Balaban J connectivity index is 2.08. The maximum absolute atomic E-state index is 13.0. The van der Waals surface area contributed by atoms with Crippen LogP contribution in [0.5, 0.6) is 11.5 Å². The summed E-state index contributed by atoms with van der Waals surface area (Å²) >= 11 is 0. The van der Waals surface area contributed by atoms with Gasteiger partial charge in [0.1, 0.15) is 17.3 Å². The fourth-order valence-corrected chi connectivity index (χ4v) is 2.29. The van der Waals surface area contributed by atoms with Gasteiger partial charge in [-0.1, -0.05) is 12.1 Å². The first-order valence-corrected chi connectivity index (χ1v) is 8.40. The molecule has 0 aliphatic rings. The van der Waals surface area contributed by atoms with Crippen molar-refractivity contribution in [2.24, 2.45) is 4.99 Å². The fourth-order valence-electron chi connectivity index (χ4n) is 2.29. The molecule has 0 fully saturated rings. The summed E-state index contributed by atoms with van der Waals surface area (Å²) in [5, 5.41) is 6.14. The molecule has 0 bridgehead atoms. The predicted octanol–water partition coefficient (Wildman–Crippen LogP) is 3.69. The molecular formula is C19H22F3N3O2. The van der Waals surface area contributed by atoms with Crippen LogP contribution >= 0.6 is 0 Å². The summed E-state index contributed by atoms with van der Waals surface area (Å²) in [7, 11) is 1.45. The van der Waals surface area contributed by atoms with E-state index in [0.29, 0.717) is 30.4 Å². The van der Waals surface area contributed by atoms with Gasteiger partial charge < -0.3 is 20.1 Å². The lowest BCUT2D eigenvalue weighted by atomic mass is 10.2. The first kappa shape index (κ1) is 20.4. The molecule has 2 rings (SSSR count). The van der Waals surface area contributed by atoms with Gasteiger partial charge in [-0.05, 0) is 36.8 Å². The minimum absolute atomic E-state index is 0.0335. The van der Waals surface area contributed by atoms with E-state index in [2.05, 4.69) is 20.4 Å². The molecule has 8 heteroatoms. The van der Waals surface area contributed by atoms with Crippen molar-refractivity contribution in [2.75, 3.05) is 13.7 Å². The zero-order chi connectivity index (χ0) is 19.6. The van der Waals surface area contributed by atoms with Gasteiger partial charge in [0.2, 0.25) is 0 Å².